The van der Waals surface area contributed by atoms with Crippen molar-refractivity contribution in [2.45, 2.75) is 19.3 Å². The van der Waals surface area contributed by atoms with Gasteiger partial charge in [-0.3, -0.25) is 14.0 Å². The molecule has 3 aromatic heterocycles. The zero-order valence-corrected chi connectivity index (χ0v) is 25.1. The Morgan fingerprint density at radius 2 is 1.73 bits per heavy atom. The van der Waals surface area contributed by atoms with Crippen LogP contribution in [0.25, 0.3) is 27.6 Å². The number of carbonyl (C=O) groups is 2. The van der Waals surface area contributed by atoms with Crippen molar-refractivity contribution in [3.63, 3.8) is 0 Å². The number of imidazole rings is 1. The van der Waals surface area contributed by atoms with Gasteiger partial charge in [0.1, 0.15) is 5.69 Å². The number of amides is 2. The normalized spacial score (nSPS) is 11.0. The lowest BCUT2D eigenvalue weighted by atomic mass is 10.1. The standard InChI is InChI=1S/C34H31N7O3S/c42-18-5-4-15-35-32(44)25-11-7-13-27(22-25)38-33-36-16-14-28(39-33)31-30(40-34-41(31)17-19-45-34)24-10-6-12-26(21-24)37-29(43)20-23-8-2-1-3-9-23/h1-3,6-14,16-17,19,21-22,42H,4-5,15,18,20H2,(H,35,44)(H,37,43)(H,36,38,39). The predicted molar refractivity (Wildman–Crippen MR) is 177 cm³/mol. The second kappa shape index (κ2) is 13.9. The highest BCUT2D eigenvalue weighted by atomic mass is 32.1. The van der Waals surface area contributed by atoms with Crippen LogP contribution in [-0.4, -0.2) is 49.4 Å². The van der Waals surface area contributed by atoms with Gasteiger partial charge in [-0.15, -0.1) is 11.3 Å². The van der Waals surface area contributed by atoms with Crippen LogP contribution in [-0.2, 0) is 11.2 Å². The SMILES string of the molecule is O=C(Cc1ccccc1)Nc1cccc(-c2nc3sccn3c2-c2ccnc(Nc3cccc(C(=O)NCCCCO)c3)n2)c1. The average Bonchev–Trinajstić information content (AvgIpc) is 3.66. The fraction of sp³-hybridized carbons (Fsp3) is 0.147. The van der Waals surface area contributed by atoms with Crippen LogP contribution >= 0.6 is 11.3 Å². The van der Waals surface area contributed by atoms with Crippen molar-refractivity contribution in [3.05, 3.63) is 114 Å². The van der Waals surface area contributed by atoms with Gasteiger partial charge >= 0.3 is 0 Å². The number of aliphatic hydroxyl groups is 1. The first-order valence-corrected chi connectivity index (χ1v) is 15.4. The molecule has 0 saturated carbocycles. The van der Waals surface area contributed by atoms with Crippen molar-refractivity contribution in [2.24, 2.45) is 0 Å². The van der Waals surface area contributed by atoms with Gasteiger partial charge in [0, 0.05) is 53.4 Å². The number of rotatable bonds is 12. The predicted octanol–water partition coefficient (Wildman–Crippen LogP) is 5.95. The van der Waals surface area contributed by atoms with E-state index >= 15 is 0 Å². The van der Waals surface area contributed by atoms with Crippen molar-refractivity contribution in [3.8, 4) is 22.6 Å². The van der Waals surface area contributed by atoms with Crippen LogP contribution in [0.3, 0.4) is 0 Å². The summed E-state index contributed by atoms with van der Waals surface area (Å²) in [4.78, 5) is 40.3. The van der Waals surface area contributed by atoms with Crippen molar-refractivity contribution in [2.75, 3.05) is 23.8 Å². The maximum absolute atomic E-state index is 12.8. The van der Waals surface area contributed by atoms with E-state index in [1.165, 1.54) is 11.3 Å². The molecular formula is C34H31N7O3S. The molecular weight excluding hydrogens is 586 g/mol. The highest BCUT2D eigenvalue weighted by Crippen LogP contribution is 2.35. The summed E-state index contributed by atoms with van der Waals surface area (Å²) in [6, 6.07) is 26.2. The first-order chi connectivity index (χ1) is 22.1. The third-order valence-corrected chi connectivity index (χ3v) is 7.80. The fourth-order valence-electron chi connectivity index (χ4n) is 4.92. The van der Waals surface area contributed by atoms with E-state index in [1.807, 2.05) is 82.7 Å². The van der Waals surface area contributed by atoms with Gasteiger partial charge in [0.15, 0.2) is 4.96 Å². The molecule has 0 saturated heterocycles. The van der Waals surface area contributed by atoms with E-state index in [4.69, 9.17) is 15.1 Å². The van der Waals surface area contributed by atoms with Gasteiger partial charge in [-0.25, -0.2) is 15.0 Å². The number of carbonyl (C=O) groups excluding carboxylic acids is 2. The smallest absolute Gasteiger partial charge is 0.251 e. The van der Waals surface area contributed by atoms with E-state index in [1.54, 1.807) is 24.4 Å². The highest BCUT2D eigenvalue weighted by molar-refractivity contribution is 7.15. The molecule has 2 amide bonds. The molecule has 0 fully saturated rings. The van der Waals surface area contributed by atoms with Gasteiger partial charge in [-0.2, -0.15) is 0 Å². The van der Waals surface area contributed by atoms with E-state index in [9.17, 15) is 9.59 Å². The van der Waals surface area contributed by atoms with E-state index < -0.39 is 0 Å². The lowest BCUT2D eigenvalue weighted by Gasteiger charge is -2.10. The van der Waals surface area contributed by atoms with Crippen LogP contribution in [0, 0.1) is 0 Å². The van der Waals surface area contributed by atoms with Crippen LogP contribution in [0.15, 0.2) is 103 Å². The number of fused-ring (bicyclic) bond motifs is 1. The first kappa shape index (κ1) is 29.7. The number of hydrogen-bond donors (Lipinski definition) is 4. The number of aromatic nitrogens is 4. The number of thiazole rings is 1. The third-order valence-electron chi connectivity index (χ3n) is 7.04. The summed E-state index contributed by atoms with van der Waals surface area (Å²) in [7, 11) is 0. The molecule has 226 valence electrons. The maximum Gasteiger partial charge on any atom is 0.251 e. The van der Waals surface area contributed by atoms with Gasteiger partial charge in [0.25, 0.3) is 5.91 Å². The molecule has 6 rings (SSSR count). The summed E-state index contributed by atoms with van der Waals surface area (Å²) in [6.07, 6.45) is 5.27. The zero-order chi connectivity index (χ0) is 31.0. The number of aliphatic hydroxyl groups excluding tert-OH is 1. The van der Waals surface area contributed by atoms with Gasteiger partial charge < -0.3 is 21.1 Å². The third kappa shape index (κ3) is 7.23. The minimum absolute atomic E-state index is 0.0980. The molecule has 45 heavy (non-hydrogen) atoms. The number of unbranched alkanes of at least 4 members (excludes halogenated alkanes) is 1. The summed E-state index contributed by atoms with van der Waals surface area (Å²) < 4.78 is 1.99. The Bertz CT molecular complexity index is 1940. The lowest BCUT2D eigenvalue weighted by Crippen LogP contribution is -2.24. The van der Waals surface area contributed by atoms with E-state index in [-0.39, 0.29) is 24.8 Å². The van der Waals surface area contributed by atoms with Crippen LogP contribution in [0.5, 0.6) is 0 Å². The van der Waals surface area contributed by atoms with Crippen molar-refractivity contribution >= 4 is 45.4 Å². The van der Waals surface area contributed by atoms with Gasteiger partial charge in [0.2, 0.25) is 11.9 Å². The fourth-order valence-corrected chi connectivity index (χ4v) is 5.64. The maximum atomic E-state index is 12.8. The molecule has 0 aliphatic carbocycles. The highest BCUT2D eigenvalue weighted by Gasteiger charge is 2.19. The average molecular weight is 618 g/mol. The number of nitrogens with zero attached hydrogens (tertiary/aromatic N) is 4. The minimum atomic E-state index is -0.187. The first-order valence-electron chi connectivity index (χ1n) is 14.6. The molecule has 4 N–H and O–H groups in total. The molecule has 0 spiro atoms. The second-order valence-electron chi connectivity index (χ2n) is 10.3. The Labute approximate surface area is 263 Å². The minimum Gasteiger partial charge on any atom is -0.396 e. The summed E-state index contributed by atoms with van der Waals surface area (Å²) in [6.45, 7) is 0.600. The van der Waals surface area contributed by atoms with E-state index in [2.05, 4.69) is 20.9 Å². The lowest BCUT2D eigenvalue weighted by molar-refractivity contribution is -0.115. The van der Waals surface area contributed by atoms with Crippen molar-refractivity contribution in [1.82, 2.24) is 24.7 Å². The number of anilines is 3. The Morgan fingerprint density at radius 1 is 0.889 bits per heavy atom. The Kier molecular flexibility index (Phi) is 9.19. The number of benzene rings is 3. The van der Waals surface area contributed by atoms with Gasteiger partial charge in [-0.1, -0.05) is 48.5 Å². The molecule has 0 aliphatic heterocycles. The van der Waals surface area contributed by atoms with Gasteiger partial charge in [0.05, 0.1) is 17.8 Å². The summed E-state index contributed by atoms with van der Waals surface area (Å²) in [5.41, 5.74) is 5.82. The molecule has 3 aromatic carbocycles. The zero-order valence-electron chi connectivity index (χ0n) is 24.3. The van der Waals surface area contributed by atoms with E-state index in [0.717, 1.165) is 27.5 Å². The topological polar surface area (TPSA) is 134 Å². The molecule has 0 bridgehead atoms. The Morgan fingerprint density at radius 3 is 2.60 bits per heavy atom. The van der Waals surface area contributed by atoms with E-state index in [0.29, 0.717) is 48.0 Å². The monoisotopic (exact) mass is 617 g/mol. The molecule has 0 radical (unpaired) electrons. The molecule has 0 atom stereocenters. The quantitative estimate of drug-likeness (QED) is 0.125. The van der Waals surface area contributed by atoms with Crippen LogP contribution in [0.2, 0.25) is 0 Å². The number of hydrogen-bond acceptors (Lipinski definition) is 8. The summed E-state index contributed by atoms with van der Waals surface area (Å²) >= 11 is 1.52. The summed E-state index contributed by atoms with van der Waals surface area (Å²) in [5, 5.41) is 20.0. The Hall–Kier alpha value is -5.39. The summed E-state index contributed by atoms with van der Waals surface area (Å²) in [5.74, 6) is 0.0821. The van der Waals surface area contributed by atoms with Crippen LogP contribution in [0.4, 0.5) is 17.3 Å². The molecule has 11 heteroatoms. The Balaban J connectivity index is 1.24. The van der Waals surface area contributed by atoms with Crippen molar-refractivity contribution in [1.29, 1.82) is 0 Å². The molecule has 3 heterocycles. The van der Waals surface area contributed by atoms with Crippen molar-refractivity contribution < 1.29 is 14.7 Å². The molecule has 10 nitrogen and oxygen atoms in total. The number of nitrogens with one attached hydrogen (secondary N) is 3. The van der Waals surface area contributed by atoms with Crippen LogP contribution in [0.1, 0.15) is 28.8 Å². The molecule has 0 aliphatic rings. The largest absolute Gasteiger partial charge is 0.396 e. The van der Waals surface area contributed by atoms with Gasteiger partial charge in [-0.05, 0) is 54.8 Å². The van der Waals surface area contributed by atoms with Crippen LogP contribution < -0.4 is 16.0 Å². The second-order valence-corrected chi connectivity index (χ2v) is 11.2. The molecule has 6 aromatic rings. The molecule has 0 unspecified atom stereocenters.